The van der Waals surface area contributed by atoms with Crippen LogP contribution in [0.3, 0.4) is 0 Å². The van der Waals surface area contributed by atoms with Crippen molar-refractivity contribution in [1.29, 1.82) is 0 Å². The molecule has 1 aliphatic rings. The summed E-state index contributed by atoms with van der Waals surface area (Å²) in [6.07, 6.45) is 6.46. The van der Waals surface area contributed by atoms with Crippen LogP contribution >= 0.6 is 0 Å². The number of aromatic nitrogens is 1. The summed E-state index contributed by atoms with van der Waals surface area (Å²) in [5.41, 5.74) is 0.326. The van der Waals surface area contributed by atoms with E-state index < -0.39 is 5.97 Å². The van der Waals surface area contributed by atoms with Crippen LogP contribution in [0.2, 0.25) is 0 Å². The molecule has 1 aromatic heterocycles. The van der Waals surface area contributed by atoms with Gasteiger partial charge in [-0.3, -0.25) is 4.79 Å². The molecular weight excluding hydrogens is 242 g/mol. The van der Waals surface area contributed by atoms with E-state index in [1.165, 1.54) is 12.3 Å². The quantitative estimate of drug-likeness (QED) is 0.799. The van der Waals surface area contributed by atoms with Crippen LogP contribution in [0.1, 0.15) is 66.8 Å². The Hall–Kier alpha value is -1.58. The van der Waals surface area contributed by atoms with Gasteiger partial charge in [-0.05, 0) is 31.2 Å². The van der Waals surface area contributed by atoms with Crippen LogP contribution in [0.25, 0.3) is 0 Å². The fourth-order valence-corrected chi connectivity index (χ4v) is 3.31. The molecule has 1 saturated carbocycles. The summed E-state index contributed by atoms with van der Waals surface area (Å²) in [6.45, 7) is 4.26. The Kier molecular flexibility index (Phi) is 3.78. The Morgan fingerprint density at radius 3 is 2.47 bits per heavy atom. The maximum absolute atomic E-state index is 12.7. The molecule has 0 saturated heterocycles. The number of carbonyl (C=O) groups is 2. The highest BCUT2D eigenvalue weighted by Crippen LogP contribution is 2.45. The number of ketones is 1. The topological polar surface area (TPSA) is 70.2 Å². The van der Waals surface area contributed by atoms with E-state index in [1.54, 1.807) is 0 Å². The van der Waals surface area contributed by atoms with Gasteiger partial charge in [-0.2, -0.15) is 0 Å². The molecule has 4 nitrogen and oxygen atoms in total. The van der Waals surface area contributed by atoms with Gasteiger partial charge in [0.15, 0.2) is 5.78 Å². The number of hydrogen-bond acceptors (Lipinski definition) is 2. The van der Waals surface area contributed by atoms with Gasteiger partial charge in [0.2, 0.25) is 0 Å². The molecule has 104 valence electrons. The minimum atomic E-state index is -1.02. The zero-order chi connectivity index (χ0) is 14.0. The number of nitrogens with one attached hydrogen (secondary N) is 1. The van der Waals surface area contributed by atoms with Gasteiger partial charge >= 0.3 is 5.97 Å². The first kappa shape index (κ1) is 13.8. The number of carboxylic acids is 1. The van der Waals surface area contributed by atoms with Crippen LogP contribution in [0.5, 0.6) is 0 Å². The number of aromatic amines is 1. The van der Waals surface area contributed by atoms with E-state index in [2.05, 4.69) is 18.8 Å². The summed E-state index contributed by atoms with van der Waals surface area (Å²) in [5, 5.41) is 8.91. The van der Waals surface area contributed by atoms with Crippen molar-refractivity contribution < 1.29 is 14.7 Å². The summed E-state index contributed by atoms with van der Waals surface area (Å²) >= 11 is 0. The van der Waals surface area contributed by atoms with Crippen LogP contribution in [0, 0.1) is 11.3 Å². The lowest BCUT2D eigenvalue weighted by Gasteiger charge is -2.29. The Balaban J connectivity index is 2.26. The van der Waals surface area contributed by atoms with E-state index in [4.69, 9.17) is 5.11 Å². The number of hydrogen-bond donors (Lipinski definition) is 2. The van der Waals surface area contributed by atoms with Gasteiger partial charge in [0.05, 0.1) is 0 Å². The zero-order valence-corrected chi connectivity index (χ0v) is 11.5. The van der Waals surface area contributed by atoms with Gasteiger partial charge in [-0.1, -0.05) is 26.7 Å². The highest BCUT2D eigenvalue weighted by atomic mass is 16.4. The van der Waals surface area contributed by atoms with E-state index in [-0.39, 0.29) is 16.9 Å². The van der Waals surface area contributed by atoms with Crippen molar-refractivity contribution in [2.75, 3.05) is 0 Å². The third-order valence-electron chi connectivity index (χ3n) is 4.02. The predicted octanol–water partition coefficient (Wildman–Crippen LogP) is 3.50. The number of rotatable bonds is 5. The van der Waals surface area contributed by atoms with Gasteiger partial charge < -0.3 is 10.1 Å². The zero-order valence-electron chi connectivity index (χ0n) is 11.5. The normalized spacial score (nSPS) is 17.8. The van der Waals surface area contributed by atoms with Gasteiger partial charge in [-0.25, -0.2) is 4.79 Å². The number of carbonyl (C=O) groups excluding carboxylic acids is 1. The van der Waals surface area contributed by atoms with Crippen molar-refractivity contribution >= 4 is 11.8 Å². The van der Waals surface area contributed by atoms with Gasteiger partial charge in [-0.15, -0.1) is 0 Å². The van der Waals surface area contributed by atoms with Crippen molar-refractivity contribution in [1.82, 2.24) is 4.98 Å². The van der Waals surface area contributed by atoms with Crippen LogP contribution in [0.4, 0.5) is 0 Å². The predicted molar refractivity (Wildman–Crippen MR) is 72.4 cm³/mol. The van der Waals surface area contributed by atoms with Crippen LogP contribution in [0.15, 0.2) is 12.3 Å². The maximum atomic E-state index is 12.7. The third kappa shape index (κ3) is 2.72. The van der Waals surface area contributed by atoms with Gasteiger partial charge in [0.25, 0.3) is 0 Å². The Labute approximate surface area is 113 Å². The smallest absolute Gasteiger partial charge is 0.352 e. The fourth-order valence-electron chi connectivity index (χ4n) is 3.31. The number of carboxylic acid groups (broad SMARTS) is 1. The first-order valence-electron chi connectivity index (χ1n) is 6.91. The molecule has 1 aromatic rings. The molecule has 4 heteroatoms. The minimum Gasteiger partial charge on any atom is -0.477 e. The molecule has 2 N–H and O–H groups in total. The standard InChI is InChI=1S/C15H21NO3/c1-10(2)8-15(5-3-4-6-15)13(17)11-7-12(14(18)19)16-9-11/h7,9-10,16H,3-6,8H2,1-2H3,(H,18,19). The Morgan fingerprint density at radius 1 is 1.37 bits per heavy atom. The summed E-state index contributed by atoms with van der Waals surface area (Å²) in [4.78, 5) is 26.3. The molecule has 1 fully saturated rings. The molecule has 0 spiro atoms. The molecule has 0 amide bonds. The average molecular weight is 263 g/mol. The van der Waals surface area contributed by atoms with Gasteiger partial charge in [0, 0.05) is 17.2 Å². The summed E-state index contributed by atoms with van der Waals surface area (Å²) in [5.74, 6) is -0.439. The number of aromatic carboxylic acids is 1. The van der Waals surface area contributed by atoms with Crippen molar-refractivity contribution in [3.63, 3.8) is 0 Å². The first-order valence-corrected chi connectivity index (χ1v) is 6.91. The van der Waals surface area contributed by atoms with Crippen molar-refractivity contribution in [2.24, 2.45) is 11.3 Å². The van der Waals surface area contributed by atoms with Crippen LogP contribution in [-0.4, -0.2) is 21.8 Å². The molecule has 0 atom stereocenters. The lowest BCUT2D eigenvalue weighted by molar-refractivity contribution is 0.0691. The van der Waals surface area contributed by atoms with E-state index in [1.807, 2.05) is 0 Å². The second kappa shape index (κ2) is 5.19. The molecule has 19 heavy (non-hydrogen) atoms. The molecular formula is C15H21NO3. The molecule has 0 unspecified atom stereocenters. The molecule has 0 aromatic carbocycles. The number of H-pyrrole nitrogens is 1. The van der Waals surface area contributed by atoms with E-state index in [0.717, 1.165) is 32.1 Å². The third-order valence-corrected chi connectivity index (χ3v) is 4.02. The maximum Gasteiger partial charge on any atom is 0.352 e. The minimum absolute atomic E-state index is 0.0843. The average Bonchev–Trinajstić information content (AvgIpc) is 2.95. The lowest BCUT2D eigenvalue weighted by Crippen LogP contribution is -2.29. The molecule has 1 aliphatic carbocycles. The largest absolute Gasteiger partial charge is 0.477 e. The second-order valence-corrected chi connectivity index (χ2v) is 6.02. The van der Waals surface area contributed by atoms with E-state index >= 15 is 0 Å². The van der Waals surface area contributed by atoms with Crippen molar-refractivity contribution in [2.45, 2.75) is 46.0 Å². The highest BCUT2D eigenvalue weighted by Gasteiger charge is 2.41. The molecule has 0 aliphatic heterocycles. The summed E-state index contributed by atoms with van der Waals surface area (Å²) in [7, 11) is 0. The second-order valence-electron chi connectivity index (χ2n) is 6.02. The molecule has 0 radical (unpaired) electrons. The van der Waals surface area contributed by atoms with Gasteiger partial charge in [0.1, 0.15) is 5.69 Å². The SMILES string of the molecule is CC(C)CC1(C(=O)c2c[nH]c(C(=O)O)c2)CCCC1. The van der Waals surface area contributed by atoms with Crippen LogP contribution in [-0.2, 0) is 0 Å². The Morgan fingerprint density at radius 2 is 2.00 bits per heavy atom. The Bertz CT molecular complexity index is 481. The van der Waals surface area contributed by atoms with Crippen LogP contribution < -0.4 is 0 Å². The monoisotopic (exact) mass is 263 g/mol. The van der Waals surface area contributed by atoms with Crippen molar-refractivity contribution in [3.8, 4) is 0 Å². The highest BCUT2D eigenvalue weighted by molar-refractivity contribution is 6.02. The fraction of sp³-hybridized carbons (Fsp3) is 0.600. The lowest BCUT2D eigenvalue weighted by atomic mass is 9.73. The molecule has 0 bridgehead atoms. The summed E-state index contributed by atoms with van der Waals surface area (Å²) in [6, 6.07) is 1.46. The van der Waals surface area contributed by atoms with E-state index in [0.29, 0.717) is 11.5 Å². The van der Waals surface area contributed by atoms with E-state index in [9.17, 15) is 9.59 Å². The molecule has 1 heterocycles. The first-order chi connectivity index (χ1) is 8.94. The molecule has 2 rings (SSSR count). The van der Waals surface area contributed by atoms with Crippen molar-refractivity contribution in [3.05, 3.63) is 23.5 Å². The number of Topliss-reactive ketones (excluding diaryl/α,β-unsaturated/α-hetero) is 1. The summed E-state index contributed by atoms with van der Waals surface area (Å²) < 4.78 is 0.